The quantitative estimate of drug-likeness (QED) is 0.503. The van der Waals surface area contributed by atoms with Crippen molar-refractivity contribution in [1.29, 1.82) is 0 Å². The summed E-state index contributed by atoms with van der Waals surface area (Å²) in [6.45, 7) is 7.84. The number of rotatable bonds is 4. The highest BCUT2D eigenvalue weighted by atomic mass is 16.5. The molecule has 2 heterocycles. The first-order valence-corrected chi connectivity index (χ1v) is 13.6. The van der Waals surface area contributed by atoms with Crippen molar-refractivity contribution in [2.75, 3.05) is 34.2 Å². The summed E-state index contributed by atoms with van der Waals surface area (Å²) < 4.78 is 6.78. The van der Waals surface area contributed by atoms with Crippen molar-refractivity contribution in [1.82, 2.24) is 14.7 Å². The van der Waals surface area contributed by atoms with Crippen molar-refractivity contribution in [2.45, 2.75) is 61.7 Å². The Bertz CT molecular complexity index is 1370. The fourth-order valence-corrected chi connectivity index (χ4v) is 8.39. The number of aryl methyl sites for hydroxylation is 1. The number of aromatic hydroxyl groups is 1. The number of hydrogen-bond acceptors (Lipinski definition) is 5. The van der Waals surface area contributed by atoms with Gasteiger partial charge >= 0.3 is 0 Å². The molecule has 1 saturated heterocycles. The number of hydrogen-bond donors (Lipinski definition) is 1. The zero-order valence-corrected chi connectivity index (χ0v) is 22.8. The van der Waals surface area contributed by atoms with Crippen LogP contribution in [0.1, 0.15) is 41.5 Å². The van der Waals surface area contributed by atoms with E-state index >= 15 is 0 Å². The van der Waals surface area contributed by atoms with Gasteiger partial charge in [0.15, 0.2) is 11.5 Å². The van der Waals surface area contributed by atoms with E-state index in [-0.39, 0.29) is 34.8 Å². The maximum Gasteiger partial charge on any atom is 0.298 e. The SMILES string of the molecule is C=CCN1CC[C@]23c4c5ccc(O)c4O[C@H]2[C@@H](N(C)C(=O)C#Cc2cccc(C)c2)CC[C@@]3(N(C)C)[C@H]1C5. The molecule has 6 rings (SSSR count). The van der Waals surface area contributed by atoms with Gasteiger partial charge in [-0.1, -0.05) is 30.2 Å². The van der Waals surface area contributed by atoms with Gasteiger partial charge in [0.05, 0.1) is 11.5 Å². The van der Waals surface area contributed by atoms with E-state index in [4.69, 9.17) is 4.74 Å². The molecule has 1 amide bonds. The van der Waals surface area contributed by atoms with Crippen LogP contribution in [0, 0.1) is 18.8 Å². The molecular weight excluding hydrogens is 474 g/mol. The number of amides is 1. The third-order valence-corrected chi connectivity index (χ3v) is 9.85. The zero-order valence-electron chi connectivity index (χ0n) is 22.8. The van der Waals surface area contributed by atoms with E-state index in [0.29, 0.717) is 11.8 Å². The van der Waals surface area contributed by atoms with E-state index in [1.165, 1.54) is 11.1 Å². The molecule has 1 N–H and O–H groups in total. The summed E-state index contributed by atoms with van der Waals surface area (Å²) >= 11 is 0. The van der Waals surface area contributed by atoms with Crippen LogP contribution in [0.25, 0.3) is 0 Å². The summed E-state index contributed by atoms with van der Waals surface area (Å²) in [5.74, 6) is 6.55. The number of phenols is 1. The summed E-state index contributed by atoms with van der Waals surface area (Å²) in [7, 11) is 6.24. The van der Waals surface area contributed by atoms with Gasteiger partial charge in [-0.3, -0.25) is 9.69 Å². The molecule has 6 heteroatoms. The van der Waals surface area contributed by atoms with Crippen LogP contribution >= 0.6 is 0 Å². The lowest BCUT2D eigenvalue weighted by Gasteiger charge is -2.69. The highest BCUT2D eigenvalue weighted by Gasteiger charge is 2.74. The topological polar surface area (TPSA) is 56.3 Å². The minimum atomic E-state index is -0.331. The predicted molar refractivity (Wildman–Crippen MR) is 148 cm³/mol. The number of piperidine rings is 1. The van der Waals surface area contributed by atoms with Gasteiger partial charge in [-0.15, -0.1) is 6.58 Å². The third-order valence-electron chi connectivity index (χ3n) is 9.85. The fourth-order valence-electron chi connectivity index (χ4n) is 8.39. The summed E-state index contributed by atoms with van der Waals surface area (Å²) in [6.07, 6.45) is 5.29. The van der Waals surface area contributed by atoms with E-state index in [0.717, 1.165) is 49.9 Å². The number of likely N-dealkylation sites (tertiary alicyclic amines) is 1. The number of carbonyl (C=O) groups excluding carboxylic acids is 1. The van der Waals surface area contributed by atoms with Crippen LogP contribution in [-0.2, 0) is 16.6 Å². The molecule has 0 radical (unpaired) electrons. The van der Waals surface area contributed by atoms with Crippen LogP contribution in [0.4, 0.5) is 0 Å². The Labute approximate surface area is 225 Å². The molecule has 5 atom stereocenters. The Hall–Kier alpha value is -3.27. The molecule has 6 nitrogen and oxygen atoms in total. The van der Waals surface area contributed by atoms with Crippen LogP contribution in [0.3, 0.4) is 0 Å². The van der Waals surface area contributed by atoms with Gasteiger partial charge < -0.3 is 19.6 Å². The molecule has 4 aliphatic rings. The van der Waals surface area contributed by atoms with Crippen LogP contribution < -0.4 is 4.74 Å². The number of benzene rings is 2. The lowest BCUT2D eigenvalue weighted by Crippen LogP contribution is -2.82. The molecule has 38 heavy (non-hydrogen) atoms. The lowest BCUT2D eigenvalue weighted by atomic mass is 9.46. The molecule has 0 aromatic heterocycles. The Kier molecular flexibility index (Phi) is 5.86. The number of nitrogens with zero attached hydrogens (tertiary/aromatic N) is 3. The number of carbonyl (C=O) groups is 1. The maximum absolute atomic E-state index is 13.4. The van der Waals surface area contributed by atoms with Gasteiger partial charge in [0.1, 0.15) is 6.10 Å². The molecule has 198 valence electrons. The third kappa shape index (κ3) is 3.25. The van der Waals surface area contributed by atoms with Gasteiger partial charge in [-0.2, -0.15) is 0 Å². The minimum absolute atomic E-state index is 0.147. The molecule has 1 saturated carbocycles. The summed E-state index contributed by atoms with van der Waals surface area (Å²) in [5, 5.41) is 11.0. The first-order valence-electron chi connectivity index (χ1n) is 13.6. The normalized spacial score (nSPS) is 30.6. The average molecular weight is 512 g/mol. The molecule has 2 bridgehead atoms. The van der Waals surface area contributed by atoms with Gasteiger partial charge in [0.25, 0.3) is 5.91 Å². The summed E-state index contributed by atoms with van der Waals surface area (Å²) in [6, 6.07) is 11.9. The smallest absolute Gasteiger partial charge is 0.298 e. The van der Waals surface area contributed by atoms with Crippen molar-refractivity contribution in [2.24, 2.45) is 0 Å². The standard InChI is InChI=1S/C32H37N3O3/c1-6-17-35-18-16-31-28-23-11-12-25(36)29(28)38-30(31)24(14-15-32(31,33(3)4)26(35)20-23)34(5)27(37)13-10-22-9-7-8-21(2)19-22/h6-9,11-12,19,24,26,30,36H,1,14-18,20H2,2-5H3/t24-,26+,30-,31-,32+/m0/s1. The Morgan fingerprint density at radius 1 is 1.26 bits per heavy atom. The van der Waals surface area contributed by atoms with E-state index in [1.54, 1.807) is 11.0 Å². The maximum atomic E-state index is 13.4. The lowest BCUT2D eigenvalue weighted by molar-refractivity contribution is -0.158. The van der Waals surface area contributed by atoms with Crippen molar-refractivity contribution >= 4 is 5.91 Å². The number of ether oxygens (including phenoxy) is 1. The first kappa shape index (κ1) is 25.0. The monoisotopic (exact) mass is 511 g/mol. The van der Waals surface area contributed by atoms with E-state index in [2.05, 4.69) is 48.4 Å². The predicted octanol–water partition coefficient (Wildman–Crippen LogP) is 3.49. The van der Waals surface area contributed by atoms with Gasteiger partial charge in [-0.25, -0.2) is 0 Å². The molecule has 2 fully saturated rings. The molecule has 2 aliphatic heterocycles. The zero-order chi connectivity index (χ0) is 26.8. The van der Waals surface area contributed by atoms with Crippen molar-refractivity contribution in [3.63, 3.8) is 0 Å². The van der Waals surface area contributed by atoms with E-state index in [1.807, 2.05) is 44.3 Å². The second-order valence-electron chi connectivity index (χ2n) is 11.7. The van der Waals surface area contributed by atoms with Gasteiger partial charge in [0.2, 0.25) is 0 Å². The number of phenolic OH excluding ortho intramolecular Hbond substituents is 1. The molecule has 0 unspecified atom stereocenters. The summed E-state index contributed by atoms with van der Waals surface area (Å²) in [4.78, 5) is 20.2. The van der Waals surface area contributed by atoms with E-state index in [9.17, 15) is 9.90 Å². The molecular formula is C32H37N3O3. The minimum Gasteiger partial charge on any atom is -0.504 e. The van der Waals surface area contributed by atoms with Crippen molar-refractivity contribution in [3.8, 4) is 23.3 Å². The molecule has 2 aliphatic carbocycles. The van der Waals surface area contributed by atoms with Crippen LogP contribution in [-0.4, -0.2) is 83.7 Å². The first-order chi connectivity index (χ1) is 18.2. The summed E-state index contributed by atoms with van der Waals surface area (Å²) in [5.41, 5.74) is 3.86. The average Bonchev–Trinajstić information content (AvgIpc) is 3.25. The largest absolute Gasteiger partial charge is 0.504 e. The Balaban J connectivity index is 1.44. The van der Waals surface area contributed by atoms with E-state index < -0.39 is 0 Å². The highest BCUT2D eigenvalue weighted by Crippen LogP contribution is 2.67. The Morgan fingerprint density at radius 3 is 2.82 bits per heavy atom. The molecule has 2 aromatic carbocycles. The fraction of sp³-hybridized carbons (Fsp3) is 0.469. The second kappa shape index (κ2) is 8.90. The number of likely N-dealkylation sites (N-methyl/N-ethyl adjacent to an activating group) is 2. The van der Waals surface area contributed by atoms with Crippen molar-refractivity contribution < 1.29 is 14.6 Å². The second-order valence-corrected chi connectivity index (χ2v) is 11.7. The van der Waals surface area contributed by atoms with Crippen molar-refractivity contribution in [3.05, 3.63) is 71.3 Å². The van der Waals surface area contributed by atoms with Crippen LogP contribution in [0.5, 0.6) is 11.5 Å². The molecule has 2 aromatic rings. The van der Waals surface area contributed by atoms with Gasteiger partial charge in [0, 0.05) is 42.2 Å². The molecule has 1 spiro atoms. The van der Waals surface area contributed by atoms with Crippen LogP contribution in [0.2, 0.25) is 0 Å². The van der Waals surface area contributed by atoms with Gasteiger partial charge in [-0.05, 0) is 82.6 Å². The highest BCUT2D eigenvalue weighted by molar-refractivity contribution is 5.94. The Morgan fingerprint density at radius 2 is 2.08 bits per heavy atom. The van der Waals surface area contributed by atoms with Crippen LogP contribution in [0.15, 0.2) is 49.1 Å².